The van der Waals surface area contributed by atoms with E-state index in [4.69, 9.17) is 26.7 Å². The maximum absolute atomic E-state index is 13.1. The van der Waals surface area contributed by atoms with E-state index in [0.29, 0.717) is 31.7 Å². The van der Waals surface area contributed by atoms with Crippen LogP contribution in [0.4, 0.5) is 5.13 Å². The standard InChI is InChI=1S/C31H34ClN9O13S2/c1-31(2,29(48)49)54-39-23(18-13-55-30(33)37-18)27(46)35-10-16-19(41(28(16)47)56(50,51)52)11-36-26(45)21-9-17(38-53-21)14-5-7-40(12-14)8-6-34-25(44)15-3-4-20(42)24(43)22(15)32/h3-4,9-10,13-14,19,42-43H,5-8,11-12H2,1-2H3,(H2,33,37)(H,34,44)(H,35,46)(H,36,45)(H,48,49)(H,50,51,52)/b16-10+,39-23-/t14-,19+/m1/s1. The quantitative estimate of drug-likeness (QED) is 0.0250. The van der Waals surface area contributed by atoms with Crippen molar-refractivity contribution in [2.24, 2.45) is 5.16 Å². The van der Waals surface area contributed by atoms with Gasteiger partial charge in [0, 0.05) is 49.7 Å². The molecule has 1 aromatic carbocycles. The Morgan fingerprint density at radius 2 is 1.95 bits per heavy atom. The number of carboxylic acids is 1. The highest BCUT2D eigenvalue weighted by molar-refractivity contribution is 7.84. The Morgan fingerprint density at radius 1 is 1.21 bits per heavy atom. The smallest absolute Gasteiger partial charge is 0.363 e. The summed E-state index contributed by atoms with van der Waals surface area (Å²) < 4.78 is 39.0. The number of nitrogens with zero attached hydrogens (tertiary/aromatic N) is 5. The van der Waals surface area contributed by atoms with Crippen molar-refractivity contribution in [3.8, 4) is 11.5 Å². The number of oxime groups is 1. The summed E-state index contributed by atoms with van der Waals surface area (Å²) in [6.45, 7) is 3.58. The molecule has 2 aliphatic heterocycles. The number of thiazole rings is 1. The van der Waals surface area contributed by atoms with Crippen LogP contribution < -0.4 is 21.7 Å². The van der Waals surface area contributed by atoms with Crippen LogP contribution in [-0.4, -0.2) is 127 Å². The number of rotatable bonds is 15. The Morgan fingerprint density at radius 3 is 2.61 bits per heavy atom. The second-order valence-electron chi connectivity index (χ2n) is 12.7. The van der Waals surface area contributed by atoms with Crippen LogP contribution in [0.2, 0.25) is 5.02 Å². The minimum absolute atomic E-state index is 0.00718. The number of nitrogens with two attached hydrogens (primary N) is 1. The number of halogens is 1. The van der Waals surface area contributed by atoms with Crippen LogP contribution in [0.5, 0.6) is 11.5 Å². The molecular weight excluding hydrogens is 806 g/mol. The number of anilines is 1. The Hall–Kier alpha value is -5.82. The number of carbonyl (C=O) groups is 5. The van der Waals surface area contributed by atoms with Gasteiger partial charge < -0.3 is 51.3 Å². The van der Waals surface area contributed by atoms with E-state index >= 15 is 0 Å². The van der Waals surface area contributed by atoms with Crippen molar-refractivity contribution < 1.29 is 61.6 Å². The number of amides is 4. The van der Waals surface area contributed by atoms with Crippen molar-refractivity contribution in [3.63, 3.8) is 0 Å². The molecule has 2 fully saturated rings. The minimum Gasteiger partial charge on any atom is -0.504 e. The topological polar surface area (TPSA) is 330 Å². The van der Waals surface area contributed by atoms with Gasteiger partial charge in [0.15, 0.2) is 22.3 Å². The highest BCUT2D eigenvalue weighted by atomic mass is 35.5. The molecule has 25 heteroatoms. The van der Waals surface area contributed by atoms with Gasteiger partial charge in [-0.05, 0) is 38.9 Å². The first-order chi connectivity index (χ1) is 26.3. The van der Waals surface area contributed by atoms with Gasteiger partial charge in [0.1, 0.15) is 5.69 Å². The van der Waals surface area contributed by atoms with Crippen LogP contribution in [0.15, 0.2) is 45.0 Å². The molecule has 2 aliphatic rings. The largest absolute Gasteiger partial charge is 0.504 e. The SMILES string of the molecule is CC(C)(O/N=C(\C(=O)N/C=C1/C(=O)N(S(=O)(=O)O)[C@H]1CNC(=O)c1cc([C@@H]2CCN(CCNC(=O)c3ccc(O)c(O)c3Cl)C2)no1)c1csc(N)n1)C(=O)O. The number of aromatic hydroxyl groups is 2. The summed E-state index contributed by atoms with van der Waals surface area (Å²) >= 11 is 6.89. The number of carbonyl (C=O) groups excluding carboxylic acids is 4. The highest BCUT2D eigenvalue weighted by Crippen LogP contribution is 2.35. The number of phenolic OH excluding ortho intramolecular Hbond substituents is 2. The van der Waals surface area contributed by atoms with E-state index in [2.05, 4.69) is 31.2 Å². The van der Waals surface area contributed by atoms with Crippen molar-refractivity contribution in [1.82, 2.24) is 35.3 Å². The number of likely N-dealkylation sites (tertiary alicyclic amines) is 1. The highest BCUT2D eigenvalue weighted by Gasteiger charge is 2.49. The first-order valence-electron chi connectivity index (χ1n) is 16.3. The third-order valence-electron chi connectivity index (χ3n) is 8.51. The van der Waals surface area contributed by atoms with Crippen LogP contribution >= 0.6 is 22.9 Å². The third-order valence-corrected chi connectivity index (χ3v) is 10.5. The Balaban J connectivity index is 1.18. The normalized spacial score (nSPS) is 18.4. The Bertz CT molecular complexity index is 2240. The molecule has 2 atom stereocenters. The van der Waals surface area contributed by atoms with Gasteiger partial charge in [-0.3, -0.25) is 23.7 Å². The van der Waals surface area contributed by atoms with E-state index in [1.54, 1.807) is 0 Å². The number of hydrogen-bond acceptors (Lipinski definition) is 17. The molecule has 0 bridgehead atoms. The Labute approximate surface area is 325 Å². The molecule has 3 aromatic rings. The number of aliphatic carboxylic acids is 1. The second kappa shape index (κ2) is 16.5. The average Bonchev–Trinajstić information content (AvgIpc) is 3.90. The molecule has 4 heterocycles. The first kappa shape index (κ1) is 41.3. The fourth-order valence-electron chi connectivity index (χ4n) is 5.39. The van der Waals surface area contributed by atoms with Crippen LogP contribution in [0.3, 0.4) is 0 Å². The van der Waals surface area contributed by atoms with Crippen molar-refractivity contribution in [2.75, 3.05) is 38.5 Å². The van der Waals surface area contributed by atoms with Gasteiger partial charge in [-0.25, -0.2) is 14.1 Å². The predicted molar refractivity (Wildman–Crippen MR) is 194 cm³/mol. The molecule has 4 amide bonds. The van der Waals surface area contributed by atoms with Crippen LogP contribution in [0.25, 0.3) is 0 Å². The van der Waals surface area contributed by atoms with Gasteiger partial charge >= 0.3 is 16.3 Å². The number of benzene rings is 1. The van der Waals surface area contributed by atoms with Gasteiger partial charge in [0.05, 0.1) is 27.9 Å². The molecule has 0 spiro atoms. The molecule has 22 nitrogen and oxygen atoms in total. The van der Waals surface area contributed by atoms with Gasteiger partial charge in [-0.2, -0.15) is 8.42 Å². The lowest BCUT2D eigenvalue weighted by molar-refractivity contribution is -0.161. The van der Waals surface area contributed by atoms with Gasteiger partial charge in [0.2, 0.25) is 11.4 Å². The van der Waals surface area contributed by atoms with Gasteiger partial charge in [-0.1, -0.05) is 21.9 Å². The average molecular weight is 840 g/mol. The van der Waals surface area contributed by atoms with Crippen LogP contribution in [0, 0.1) is 0 Å². The fraction of sp³-hybridized carbons (Fsp3) is 0.355. The molecule has 2 saturated heterocycles. The monoisotopic (exact) mass is 839 g/mol. The molecule has 0 aliphatic carbocycles. The summed E-state index contributed by atoms with van der Waals surface area (Å²) in [4.78, 5) is 73.8. The number of hydrogen-bond donors (Lipinski definition) is 8. The summed E-state index contributed by atoms with van der Waals surface area (Å²) in [5.41, 5.74) is 3.23. The molecule has 5 rings (SSSR count). The number of β-lactam (4-membered cyclic amide) rings is 1. The van der Waals surface area contributed by atoms with E-state index < -0.39 is 75.3 Å². The lowest BCUT2D eigenvalue weighted by Gasteiger charge is -2.39. The lowest BCUT2D eigenvalue weighted by atomic mass is 9.99. The summed E-state index contributed by atoms with van der Waals surface area (Å²) in [5, 5.41) is 44.7. The van der Waals surface area contributed by atoms with E-state index in [1.165, 1.54) is 31.4 Å². The molecule has 0 saturated carbocycles. The molecule has 0 unspecified atom stereocenters. The van der Waals surface area contributed by atoms with Crippen molar-refractivity contribution in [2.45, 2.75) is 37.8 Å². The van der Waals surface area contributed by atoms with E-state index in [9.17, 15) is 52.3 Å². The molecular formula is C31H34ClN9O13S2. The molecule has 9 N–H and O–H groups in total. The Kier molecular flexibility index (Phi) is 12.2. The fourth-order valence-corrected chi connectivity index (χ4v) is 7.01. The third kappa shape index (κ3) is 9.16. The van der Waals surface area contributed by atoms with E-state index in [0.717, 1.165) is 23.6 Å². The molecule has 2 aromatic heterocycles. The first-order valence-corrected chi connectivity index (χ1v) is 18.9. The maximum Gasteiger partial charge on any atom is 0.363 e. The van der Waals surface area contributed by atoms with Crippen molar-refractivity contribution >= 4 is 73.7 Å². The summed E-state index contributed by atoms with van der Waals surface area (Å²) in [5.74, 6) is -6.51. The summed E-state index contributed by atoms with van der Waals surface area (Å²) in [7, 11) is -5.11. The number of aromatic nitrogens is 2. The number of carboxylic acid groups (broad SMARTS) is 1. The zero-order valence-electron chi connectivity index (χ0n) is 29.3. The van der Waals surface area contributed by atoms with E-state index in [1.807, 2.05) is 4.90 Å². The van der Waals surface area contributed by atoms with Gasteiger partial charge in [-0.15, -0.1) is 11.3 Å². The lowest BCUT2D eigenvalue weighted by Crippen LogP contribution is -2.61. The molecule has 300 valence electrons. The number of nitrogens with one attached hydrogen (secondary N) is 3. The van der Waals surface area contributed by atoms with E-state index in [-0.39, 0.29) is 49.5 Å². The number of nitrogen functional groups attached to an aromatic ring is 1. The minimum atomic E-state index is -5.11. The molecule has 0 radical (unpaired) electrons. The van der Waals surface area contributed by atoms with Crippen LogP contribution in [0.1, 0.15) is 58.5 Å². The zero-order chi connectivity index (χ0) is 41.1. The van der Waals surface area contributed by atoms with Crippen molar-refractivity contribution in [1.29, 1.82) is 0 Å². The van der Waals surface area contributed by atoms with Gasteiger partial charge in [0.25, 0.3) is 23.6 Å². The summed E-state index contributed by atoms with van der Waals surface area (Å²) in [6, 6.07) is 2.34. The van der Waals surface area contributed by atoms with Crippen LogP contribution in [-0.2, 0) is 29.5 Å². The van der Waals surface area contributed by atoms with Crippen molar-refractivity contribution in [3.05, 3.63) is 63.1 Å². The zero-order valence-corrected chi connectivity index (χ0v) is 31.6. The predicted octanol–water partition coefficient (Wildman–Crippen LogP) is 0.0248. The summed E-state index contributed by atoms with van der Waals surface area (Å²) in [6.07, 6.45) is 1.46. The molecule has 56 heavy (non-hydrogen) atoms. The number of phenols is 2. The maximum atomic E-state index is 13.1. The second-order valence-corrected chi connectivity index (χ2v) is 15.3.